The normalized spacial score (nSPS) is 32.6. The van der Waals surface area contributed by atoms with Crippen molar-refractivity contribution in [3.63, 3.8) is 0 Å². The molecule has 5 nitrogen and oxygen atoms in total. The average molecular weight is 889 g/mol. The van der Waals surface area contributed by atoms with E-state index in [1.165, 1.54) is 181 Å². The predicted octanol–water partition coefficient (Wildman–Crippen LogP) is 15.1. The van der Waals surface area contributed by atoms with Crippen molar-refractivity contribution in [2.75, 3.05) is 39.3 Å². The summed E-state index contributed by atoms with van der Waals surface area (Å²) in [7, 11) is 0. The summed E-state index contributed by atoms with van der Waals surface area (Å²) in [6.45, 7) is 40.3. The van der Waals surface area contributed by atoms with E-state index in [0.29, 0.717) is 0 Å². The van der Waals surface area contributed by atoms with Gasteiger partial charge in [-0.15, -0.1) is 0 Å². The monoisotopic (exact) mass is 888 g/mol. The molecule has 0 radical (unpaired) electrons. The van der Waals surface area contributed by atoms with E-state index in [-0.39, 0.29) is 0 Å². The Balaban J connectivity index is 0.000000359. The van der Waals surface area contributed by atoms with Gasteiger partial charge in [-0.25, -0.2) is 0 Å². The first-order chi connectivity index (χ1) is 29.9. The van der Waals surface area contributed by atoms with Crippen LogP contribution in [0, 0.1) is 65.1 Å². The summed E-state index contributed by atoms with van der Waals surface area (Å²) in [6.07, 6.45) is 32.5. The van der Waals surface area contributed by atoms with Crippen LogP contribution in [0.15, 0.2) is 0 Å². The Morgan fingerprint density at radius 2 is 0.587 bits per heavy atom. The van der Waals surface area contributed by atoms with Crippen LogP contribution in [0.3, 0.4) is 0 Å². The summed E-state index contributed by atoms with van der Waals surface area (Å²) in [4.78, 5) is 0. The van der Waals surface area contributed by atoms with Gasteiger partial charge in [0, 0.05) is 24.2 Å². The van der Waals surface area contributed by atoms with E-state index in [0.717, 1.165) is 89.3 Å². The molecule has 10 bridgehead atoms. The maximum absolute atomic E-state index is 3.59. The van der Waals surface area contributed by atoms with Crippen LogP contribution in [0.4, 0.5) is 0 Å². The number of nitrogens with one attached hydrogen (secondary N) is 5. The molecule has 63 heavy (non-hydrogen) atoms. The minimum Gasteiger partial charge on any atom is -0.316 e. The average Bonchev–Trinajstić information content (AvgIpc) is 3.82. The topological polar surface area (TPSA) is 60.1 Å². The second-order valence-corrected chi connectivity index (χ2v) is 25.4. The molecule has 10 atom stereocenters. The molecule has 5 N–H and O–H groups in total. The SMILES string of the molecule is C1CC2CC1CN2.C1CC2CCC(C1)CNC2.C1CC2CCC(C1)N2.C1CC2CCNC(C1)C2.C1CC2CNCC(C1)C2.CC(C)C.CC(C)C.CC(C)C.CC(C)C.CC(C)C. The van der Waals surface area contributed by atoms with Crippen LogP contribution < -0.4 is 26.6 Å². The molecule has 10 unspecified atom stereocenters. The Kier molecular flexibility index (Phi) is 36.4. The minimum absolute atomic E-state index is 0.833. The van der Waals surface area contributed by atoms with Crippen LogP contribution >= 0.6 is 0 Å². The molecule has 10 fully saturated rings. The van der Waals surface area contributed by atoms with E-state index in [9.17, 15) is 0 Å². The Bertz CT molecular complexity index is 827. The van der Waals surface area contributed by atoms with Gasteiger partial charge in [0.2, 0.25) is 0 Å². The highest BCUT2D eigenvalue weighted by Gasteiger charge is 2.30. The number of rotatable bonds is 0. The Morgan fingerprint density at radius 3 is 0.921 bits per heavy atom. The lowest BCUT2D eigenvalue weighted by atomic mass is 9.79. The van der Waals surface area contributed by atoms with Gasteiger partial charge in [0.15, 0.2) is 0 Å². The van der Waals surface area contributed by atoms with Crippen molar-refractivity contribution in [3.05, 3.63) is 0 Å². The van der Waals surface area contributed by atoms with Gasteiger partial charge in [0.25, 0.3) is 0 Å². The van der Waals surface area contributed by atoms with Crippen LogP contribution in [-0.4, -0.2) is 63.4 Å². The quantitative estimate of drug-likeness (QED) is 0.168. The smallest absolute Gasteiger partial charge is 0.00704 e. The van der Waals surface area contributed by atoms with Gasteiger partial charge in [0.05, 0.1) is 0 Å². The van der Waals surface area contributed by atoms with Gasteiger partial charge >= 0.3 is 0 Å². The highest BCUT2D eigenvalue weighted by atomic mass is 15.0. The lowest BCUT2D eigenvalue weighted by Crippen LogP contribution is -2.40. The Morgan fingerprint density at radius 1 is 0.270 bits per heavy atom. The van der Waals surface area contributed by atoms with Crippen LogP contribution in [-0.2, 0) is 0 Å². The molecule has 0 aromatic rings. The first kappa shape index (κ1) is 60.8. The Labute approximate surface area is 398 Å². The second-order valence-electron chi connectivity index (χ2n) is 25.4. The van der Waals surface area contributed by atoms with E-state index in [1.54, 1.807) is 0 Å². The van der Waals surface area contributed by atoms with Gasteiger partial charge in [-0.2, -0.15) is 0 Å². The summed E-state index contributed by atoms with van der Waals surface area (Å²) in [5.74, 6) is 10.4. The zero-order valence-electron chi connectivity index (χ0n) is 46.0. The van der Waals surface area contributed by atoms with Gasteiger partial charge in [-0.1, -0.05) is 136 Å². The van der Waals surface area contributed by atoms with E-state index >= 15 is 0 Å². The highest BCUT2D eigenvalue weighted by Crippen LogP contribution is 2.32. The molecule has 10 rings (SSSR count). The fraction of sp³-hybridized carbons (Fsp3) is 1.00. The molecule has 6 aliphatic heterocycles. The number of hydrogen-bond acceptors (Lipinski definition) is 5. The maximum Gasteiger partial charge on any atom is 0.00704 e. The zero-order valence-corrected chi connectivity index (χ0v) is 46.0. The predicted molar refractivity (Wildman–Crippen MR) is 285 cm³/mol. The van der Waals surface area contributed by atoms with E-state index in [4.69, 9.17) is 0 Å². The van der Waals surface area contributed by atoms with Gasteiger partial charge in [0.1, 0.15) is 0 Å². The van der Waals surface area contributed by atoms with Crippen molar-refractivity contribution in [2.45, 2.75) is 269 Å². The fourth-order valence-electron chi connectivity index (χ4n) is 10.6. The first-order valence-electron chi connectivity index (χ1n) is 28.6. The number of piperidine rings is 4. The van der Waals surface area contributed by atoms with Crippen LogP contribution in [0.2, 0.25) is 0 Å². The lowest BCUT2D eigenvalue weighted by Gasteiger charge is -2.34. The fourth-order valence-corrected chi connectivity index (χ4v) is 10.6. The molecule has 10 aliphatic rings. The summed E-state index contributed by atoms with van der Waals surface area (Å²) >= 11 is 0. The molecular formula is C58H121N5. The molecular weight excluding hydrogens is 767 g/mol. The molecule has 0 spiro atoms. The van der Waals surface area contributed by atoms with Crippen molar-refractivity contribution in [1.29, 1.82) is 0 Å². The summed E-state index contributed by atoms with van der Waals surface area (Å²) in [6, 6.07) is 3.64. The van der Waals surface area contributed by atoms with Gasteiger partial charge in [-0.3, -0.25) is 0 Å². The molecule has 4 saturated carbocycles. The molecule has 0 aromatic carbocycles. The third-order valence-electron chi connectivity index (χ3n) is 13.3. The van der Waals surface area contributed by atoms with Crippen molar-refractivity contribution in [1.82, 2.24) is 26.6 Å². The second kappa shape index (κ2) is 37.7. The molecule has 6 heterocycles. The highest BCUT2D eigenvalue weighted by molar-refractivity contribution is 4.89. The molecule has 5 heteroatoms. The van der Waals surface area contributed by atoms with Crippen molar-refractivity contribution < 1.29 is 0 Å². The maximum atomic E-state index is 3.59. The summed E-state index contributed by atoms with van der Waals surface area (Å²) < 4.78 is 0. The molecule has 0 amide bonds. The van der Waals surface area contributed by atoms with Crippen LogP contribution in [0.5, 0.6) is 0 Å². The third kappa shape index (κ3) is 36.5. The molecule has 4 aliphatic carbocycles. The van der Waals surface area contributed by atoms with E-state index in [1.807, 2.05) is 0 Å². The molecule has 6 saturated heterocycles. The van der Waals surface area contributed by atoms with Gasteiger partial charge < -0.3 is 26.6 Å². The minimum atomic E-state index is 0.833. The lowest BCUT2D eigenvalue weighted by molar-refractivity contribution is 0.208. The number of hydrogen-bond donors (Lipinski definition) is 5. The number of fused-ring (bicyclic) bond motifs is 11. The third-order valence-corrected chi connectivity index (χ3v) is 13.3. The van der Waals surface area contributed by atoms with Crippen LogP contribution in [0.1, 0.15) is 245 Å². The first-order valence-corrected chi connectivity index (χ1v) is 28.6. The molecule has 0 aromatic heterocycles. The van der Waals surface area contributed by atoms with Gasteiger partial charge in [-0.05, 0) is 214 Å². The Hall–Kier alpha value is -0.200. The summed E-state index contributed by atoms with van der Waals surface area (Å²) in [5, 5.41) is 17.6. The van der Waals surface area contributed by atoms with Crippen molar-refractivity contribution >= 4 is 0 Å². The van der Waals surface area contributed by atoms with E-state index < -0.39 is 0 Å². The summed E-state index contributed by atoms with van der Waals surface area (Å²) in [5.41, 5.74) is 0. The van der Waals surface area contributed by atoms with Crippen molar-refractivity contribution in [2.24, 2.45) is 65.1 Å². The van der Waals surface area contributed by atoms with Crippen molar-refractivity contribution in [3.8, 4) is 0 Å². The zero-order chi connectivity index (χ0) is 47.0. The largest absolute Gasteiger partial charge is 0.316 e. The van der Waals surface area contributed by atoms with E-state index in [2.05, 4.69) is 130 Å². The molecule has 378 valence electrons. The standard InChI is InChI=1S/C9H17N.2C8H15N.C7H13N.C6H11N.5C4H10/c1-2-8-4-5-9(3-1)7-10-6-8;1-2-7-4-8(3-1)6-9-5-7;1-2-7-4-5-9-8(3-1)6-7;1-2-6-4-5-7(3-1)8-6;1-2-6-3-5(1)4-7-6;5*1-4(2)3/h8-10H,1-7H2;2*7-9H,1-6H2;6-8H,1-5H2;5-7H,1-4H2;5*4H,1-3H3. The van der Waals surface area contributed by atoms with Crippen LogP contribution in [0.25, 0.3) is 0 Å².